The first-order valence-electron chi connectivity index (χ1n) is 13.4. The summed E-state index contributed by atoms with van der Waals surface area (Å²) in [5.74, 6) is -1.79. The number of fused-ring (bicyclic) bond motifs is 3. The van der Waals surface area contributed by atoms with Crippen molar-refractivity contribution in [1.82, 2.24) is 29.9 Å². The van der Waals surface area contributed by atoms with E-state index in [-0.39, 0.29) is 36.3 Å². The second kappa shape index (κ2) is 11.1. The Bertz CT molecular complexity index is 1640. The molecule has 3 amide bonds. The van der Waals surface area contributed by atoms with Crippen LogP contribution in [-0.4, -0.2) is 61.9 Å². The second-order valence-electron chi connectivity index (χ2n) is 10.6. The molecule has 1 N–H and O–H groups in total. The minimum Gasteiger partial charge on any atom is -0.357 e. The molecule has 2 aliphatic heterocycles. The van der Waals surface area contributed by atoms with Crippen molar-refractivity contribution in [3.63, 3.8) is 0 Å². The van der Waals surface area contributed by atoms with Crippen LogP contribution < -0.4 is 5.32 Å². The van der Waals surface area contributed by atoms with Gasteiger partial charge in [-0.15, -0.1) is 0 Å². The number of rotatable bonds is 4. The summed E-state index contributed by atoms with van der Waals surface area (Å²) >= 11 is 5.73. The van der Waals surface area contributed by atoms with Crippen LogP contribution >= 0.6 is 11.6 Å². The number of likely N-dealkylation sites (N-methyl/N-ethyl adjacent to an activating group) is 1. The van der Waals surface area contributed by atoms with E-state index in [0.717, 1.165) is 18.3 Å². The van der Waals surface area contributed by atoms with E-state index in [4.69, 9.17) is 11.6 Å². The van der Waals surface area contributed by atoms with Gasteiger partial charge in [-0.1, -0.05) is 17.7 Å². The van der Waals surface area contributed by atoms with Crippen LogP contribution in [0.25, 0.3) is 0 Å². The molecule has 0 fully saturated rings. The Balaban J connectivity index is 1.51. The molecule has 16 heteroatoms. The average molecular weight is 643 g/mol. The number of alkyl halides is 6. The molecule has 1 aromatic carbocycles. The Hall–Kier alpha value is -4.14. The van der Waals surface area contributed by atoms with E-state index in [9.17, 15) is 40.7 Å². The number of benzene rings is 1. The topological polar surface area (TPSA) is 100 Å². The monoisotopic (exact) mass is 642 g/mol. The maximum Gasteiger partial charge on any atom is 0.433 e. The summed E-state index contributed by atoms with van der Waals surface area (Å²) in [4.78, 5) is 46.5. The van der Waals surface area contributed by atoms with Crippen molar-refractivity contribution in [3.05, 3.63) is 80.9 Å². The zero-order valence-corrected chi connectivity index (χ0v) is 24.2. The molecule has 3 aromatic rings. The van der Waals surface area contributed by atoms with Gasteiger partial charge in [0.05, 0.1) is 35.4 Å². The number of pyridine rings is 1. The second-order valence-corrected chi connectivity index (χ2v) is 11.0. The van der Waals surface area contributed by atoms with Gasteiger partial charge < -0.3 is 15.1 Å². The molecule has 0 saturated heterocycles. The molecule has 44 heavy (non-hydrogen) atoms. The van der Waals surface area contributed by atoms with Crippen LogP contribution in [-0.2, 0) is 30.1 Å². The molecule has 0 spiro atoms. The van der Waals surface area contributed by atoms with Crippen molar-refractivity contribution >= 4 is 29.3 Å². The maximum atomic E-state index is 14.0. The van der Waals surface area contributed by atoms with Crippen LogP contribution in [0.4, 0.5) is 26.3 Å². The predicted molar refractivity (Wildman–Crippen MR) is 144 cm³/mol. The van der Waals surface area contributed by atoms with Crippen molar-refractivity contribution in [3.8, 4) is 0 Å². The van der Waals surface area contributed by atoms with Crippen molar-refractivity contribution in [2.75, 3.05) is 13.6 Å². The van der Waals surface area contributed by atoms with Gasteiger partial charge in [0.2, 0.25) is 5.91 Å². The van der Waals surface area contributed by atoms with Crippen LogP contribution in [0.3, 0.4) is 0 Å². The number of aromatic nitrogens is 3. The summed E-state index contributed by atoms with van der Waals surface area (Å²) in [6.07, 6.45) is -8.28. The number of carbonyl (C=O) groups is 3. The van der Waals surface area contributed by atoms with Crippen LogP contribution in [0.1, 0.15) is 74.9 Å². The van der Waals surface area contributed by atoms with Crippen LogP contribution in [0, 0.1) is 0 Å². The van der Waals surface area contributed by atoms with Crippen molar-refractivity contribution < 1.29 is 40.7 Å². The van der Waals surface area contributed by atoms with E-state index >= 15 is 0 Å². The number of hydrogen-bond donors (Lipinski definition) is 1. The molecule has 0 radical (unpaired) electrons. The van der Waals surface area contributed by atoms with E-state index in [1.807, 2.05) is 0 Å². The number of nitrogens with zero attached hydrogens (tertiary/aromatic N) is 5. The lowest BCUT2D eigenvalue weighted by Crippen LogP contribution is -2.49. The minimum atomic E-state index is -4.79. The van der Waals surface area contributed by atoms with Gasteiger partial charge in [-0.05, 0) is 43.7 Å². The zero-order chi connectivity index (χ0) is 32.3. The largest absolute Gasteiger partial charge is 0.433 e. The molecule has 234 valence electrons. The zero-order valence-electron chi connectivity index (χ0n) is 23.4. The Kier molecular flexibility index (Phi) is 7.89. The van der Waals surface area contributed by atoms with Gasteiger partial charge in [0.1, 0.15) is 17.4 Å². The van der Waals surface area contributed by atoms with Crippen molar-refractivity contribution in [1.29, 1.82) is 0 Å². The smallest absolute Gasteiger partial charge is 0.357 e. The highest BCUT2D eigenvalue weighted by Gasteiger charge is 2.44. The quantitative estimate of drug-likeness (QED) is 0.401. The summed E-state index contributed by atoms with van der Waals surface area (Å²) in [6.45, 7) is 2.92. The normalized spacial score (nSPS) is 19.4. The third-order valence-electron chi connectivity index (χ3n) is 7.92. The van der Waals surface area contributed by atoms with E-state index in [1.54, 1.807) is 13.8 Å². The molecule has 3 atom stereocenters. The fraction of sp³-hybridized carbons (Fsp3) is 0.393. The first-order chi connectivity index (χ1) is 20.5. The van der Waals surface area contributed by atoms with Crippen LogP contribution in [0.5, 0.6) is 0 Å². The third kappa shape index (κ3) is 5.48. The van der Waals surface area contributed by atoms with Gasteiger partial charge in [-0.2, -0.15) is 31.4 Å². The number of halogens is 7. The van der Waals surface area contributed by atoms with Gasteiger partial charge in [-0.3, -0.25) is 19.4 Å². The van der Waals surface area contributed by atoms with Gasteiger partial charge in [0, 0.05) is 36.8 Å². The van der Waals surface area contributed by atoms with E-state index in [2.05, 4.69) is 15.4 Å². The fourth-order valence-electron chi connectivity index (χ4n) is 5.50. The Morgan fingerprint density at radius 3 is 2.39 bits per heavy atom. The lowest BCUT2D eigenvalue weighted by molar-refractivity contribution is -0.141. The highest BCUT2D eigenvalue weighted by molar-refractivity contribution is 6.31. The van der Waals surface area contributed by atoms with Gasteiger partial charge in [-0.25, -0.2) is 4.68 Å². The van der Waals surface area contributed by atoms with E-state index in [1.165, 1.54) is 33.7 Å². The molecule has 2 aromatic heterocycles. The summed E-state index contributed by atoms with van der Waals surface area (Å²) < 4.78 is 80.9. The molecule has 0 bridgehead atoms. The summed E-state index contributed by atoms with van der Waals surface area (Å²) in [5.41, 5.74) is -1.46. The number of amides is 3. The maximum absolute atomic E-state index is 14.0. The molecule has 0 saturated carbocycles. The first kappa shape index (κ1) is 31.3. The lowest BCUT2D eigenvalue weighted by atomic mass is 9.96. The van der Waals surface area contributed by atoms with E-state index in [0.29, 0.717) is 17.3 Å². The Morgan fingerprint density at radius 2 is 1.80 bits per heavy atom. The highest BCUT2D eigenvalue weighted by atomic mass is 35.5. The molecule has 5 rings (SSSR count). The molecule has 9 nitrogen and oxygen atoms in total. The van der Waals surface area contributed by atoms with Gasteiger partial charge >= 0.3 is 12.4 Å². The lowest BCUT2D eigenvalue weighted by Gasteiger charge is -2.38. The standard InChI is InChI=1S/C28H25ClF6N6O3/c1-13-8-20-17(11-39(13)25(43)15-4-6-19(29)18(9-15)27(30,31)32)23-26(44)40(12-21(24(42)36-3)41(23)38-20)14(2)16-5-7-22(37-10-16)28(33,34)35/h4-7,9-10,13-14,21H,8,11-12H2,1-3H3,(H,36,42)/t13-,14?,21+/m1/s1. The first-order valence-corrected chi connectivity index (χ1v) is 13.7. The Labute approximate surface area is 251 Å². The van der Waals surface area contributed by atoms with E-state index < -0.39 is 64.5 Å². The number of nitrogens with one attached hydrogen (secondary N) is 1. The molecule has 4 heterocycles. The fourth-order valence-corrected chi connectivity index (χ4v) is 5.73. The SMILES string of the molecule is CNC(=O)[C@@H]1CN(C(C)c2ccc(C(F)(F)F)nc2)C(=O)c2c3c(nn21)C[C@@H](C)N(C(=O)c1ccc(Cl)c(C(F)(F)F)c1)C3. The molecule has 1 unspecified atom stereocenters. The summed E-state index contributed by atoms with van der Waals surface area (Å²) in [7, 11) is 1.40. The molecular formula is C28H25ClF6N6O3. The van der Waals surface area contributed by atoms with Crippen LogP contribution in [0.15, 0.2) is 36.5 Å². The summed E-state index contributed by atoms with van der Waals surface area (Å²) in [6, 6.07) is 2.51. The number of carbonyl (C=O) groups excluding carboxylic acids is 3. The average Bonchev–Trinajstić information content (AvgIpc) is 3.33. The van der Waals surface area contributed by atoms with Gasteiger partial charge in [0.15, 0.2) is 0 Å². The third-order valence-corrected chi connectivity index (χ3v) is 8.25. The Morgan fingerprint density at radius 1 is 1.09 bits per heavy atom. The van der Waals surface area contributed by atoms with Crippen LogP contribution in [0.2, 0.25) is 5.02 Å². The molecule has 2 aliphatic rings. The predicted octanol–water partition coefficient (Wildman–Crippen LogP) is 5.06. The van der Waals surface area contributed by atoms with Gasteiger partial charge in [0.25, 0.3) is 11.8 Å². The minimum absolute atomic E-state index is 0.00311. The molecular weight excluding hydrogens is 618 g/mol. The summed E-state index contributed by atoms with van der Waals surface area (Å²) in [5, 5.41) is 6.51. The van der Waals surface area contributed by atoms with Crippen molar-refractivity contribution in [2.45, 2.75) is 57.3 Å². The highest BCUT2D eigenvalue weighted by Crippen LogP contribution is 2.38. The molecule has 0 aliphatic carbocycles. The van der Waals surface area contributed by atoms with Crippen molar-refractivity contribution in [2.24, 2.45) is 0 Å². The number of hydrogen-bond acceptors (Lipinski definition) is 5.